The van der Waals surface area contributed by atoms with E-state index in [1.54, 1.807) is 11.0 Å². The summed E-state index contributed by atoms with van der Waals surface area (Å²) in [5.41, 5.74) is 1.33. The number of hydrogen-bond acceptors (Lipinski definition) is 5. The average molecular weight is 332 g/mol. The molecule has 23 heavy (non-hydrogen) atoms. The molecule has 122 valence electrons. The Morgan fingerprint density at radius 1 is 1.35 bits per heavy atom. The molecule has 1 heterocycles. The minimum absolute atomic E-state index is 0.116. The van der Waals surface area contributed by atoms with Gasteiger partial charge in [-0.2, -0.15) is 0 Å². The van der Waals surface area contributed by atoms with Crippen molar-refractivity contribution >= 4 is 34.9 Å². The fraction of sp³-hybridized carbons (Fsp3) is 0.353. The van der Waals surface area contributed by atoms with E-state index < -0.39 is 0 Å². The number of benzene rings is 1. The number of esters is 1. The third-order valence-electron chi connectivity index (χ3n) is 3.30. The van der Waals surface area contributed by atoms with Gasteiger partial charge in [-0.25, -0.2) is 4.99 Å². The lowest BCUT2D eigenvalue weighted by Crippen LogP contribution is -2.32. The normalized spacial score (nSPS) is 15.9. The zero-order valence-electron chi connectivity index (χ0n) is 13.3. The minimum Gasteiger partial charge on any atom is -0.468 e. The van der Waals surface area contributed by atoms with Crippen molar-refractivity contribution in [2.75, 3.05) is 19.4 Å². The maximum absolute atomic E-state index is 12.6. The molecule has 1 aliphatic heterocycles. The molecule has 0 N–H and O–H groups in total. The van der Waals surface area contributed by atoms with Gasteiger partial charge in [0, 0.05) is 6.54 Å². The molecular formula is C17H20N2O3S. The summed E-state index contributed by atoms with van der Waals surface area (Å²) in [6.45, 7) is 2.67. The van der Waals surface area contributed by atoms with Crippen LogP contribution in [0.15, 0.2) is 41.0 Å². The number of methoxy groups -OCH3 is 1. The van der Waals surface area contributed by atoms with Gasteiger partial charge in [-0.15, -0.1) is 0 Å². The van der Waals surface area contributed by atoms with Crippen LogP contribution in [-0.2, 0) is 14.3 Å². The summed E-state index contributed by atoms with van der Waals surface area (Å²) in [4.78, 5) is 29.9. The van der Waals surface area contributed by atoms with Gasteiger partial charge in [0.1, 0.15) is 5.70 Å². The molecule has 0 unspecified atom stereocenters. The molecule has 0 saturated heterocycles. The lowest BCUT2D eigenvalue weighted by atomic mass is 10.2. The number of amidine groups is 1. The third-order valence-corrected chi connectivity index (χ3v) is 4.25. The summed E-state index contributed by atoms with van der Waals surface area (Å²) in [5.74, 6) is -0.306. The minimum atomic E-state index is -0.332. The number of ether oxygens (including phenoxy) is 1. The number of carbonyl (C=O) groups is 2. The molecule has 2 rings (SSSR count). The first-order valence-electron chi connectivity index (χ1n) is 7.52. The molecule has 0 atom stereocenters. The molecule has 0 aromatic heterocycles. The number of amides is 1. The zero-order valence-corrected chi connectivity index (χ0v) is 14.1. The van der Waals surface area contributed by atoms with Crippen molar-refractivity contribution in [3.05, 3.63) is 41.6 Å². The lowest BCUT2D eigenvalue weighted by Gasteiger charge is -2.16. The van der Waals surface area contributed by atoms with E-state index in [-0.39, 0.29) is 17.6 Å². The Morgan fingerprint density at radius 2 is 2.09 bits per heavy atom. The van der Waals surface area contributed by atoms with Gasteiger partial charge in [0.15, 0.2) is 5.17 Å². The summed E-state index contributed by atoms with van der Waals surface area (Å²) in [7, 11) is 1.35. The molecule has 1 aromatic carbocycles. The third kappa shape index (κ3) is 4.69. The van der Waals surface area contributed by atoms with Crippen molar-refractivity contribution in [3.63, 3.8) is 0 Å². The van der Waals surface area contributed by atoms with Crippen LogP contribution < -0.4 is 0 Å². The molecule has 1 aliphatic rings. The van der Waals surface area contributed by atoms with Crippen LogP contribution >= 0.6 is 11.8 Å². The molecule has 0 aliphatic carbocycles. The lowest BCUT2D eigenvalue weighted by molar-refractivity contribution is -0.137. The van der Waals surface area contributed by atoms with Crippen LogP contribution in [0, 0.1) is 0 Å². The second kappa shape index (κ2) is 8.53. The Bertz CT molecular complexity index is 626. The summed E-state index contributed by atoms with van der Waals surface area (Å²) < 4.78 is 4.64. The smallest absolute Gasteiger partial charge is 0.316 e. The monoisotopic (exact) mass is 332 g/mol. The first-order valence-corrected chi connectivity index (χ1v) is 8.51. The standard InChI is InChI=1S/C17H20N2O3S/c1-3-4-10-19-16(21)14(11-13-8-6-5-7-9-13)18-17(19)23-12-15(20)22-2/h5-9,11H,3-4,10,12H2,1-2H3/b14-11-. The second-order valence-electron chi connectivity index (χ2n) is 5.01. The fourth-order valence-corrected chi connectivity index (χ4v) is 2.90. The molecule has 6 heteroatoms. The predicted octanol–water partition coefficient (Wildman–Crippen LogP) is 2.93. The van der Waals surface area contributed by atoms with E-state index >= 15 is 0 Å². The number of carbonyl (C=O) groups excluding carboxylic acids is 2. The summed E-state index contributed by atoms with van der Waals surface area (Å²) in [6.07, 6.45) is 3.64. The van der Waals surface area contributed by atoms with E-state index in [9.17, 15) is 9.59 Å². The Balaban J connectivity index is 2.19. The SMILES string of the molecule is CCCCN1C(=O)/C(=C/c2ccccc2)N=C1SCC(=O)OC. The first kappa shape index (κ1) is 17.3. The van der Waals surface area contributed by atoms with Crippen molar-refractivity contribution in [2.24, 2.45) is 4.99 Å². The number of thioether (sulfide) groups is 1. The van der Waals surface area contributed by atoms with E-state index in [4.69, 9.17) is 0 Å². The second-order valence-corrected chi connectivity index (χ2v) is 5.95. The Hall–Kier alpha value is -2.08. The number of hydrogen-bond donors (Lipinski definition) is 0. The van der Waals surface area contributed by atoms with Crippen LogP contribution in [0.25, 0.3) is 6.08 Å². The highest BCUT2D eigenvalue weighted by atomic mass is 32.2. The molecule has 1 amide bonds. The number of unbranched alkanes of at least 4 members (excludes halogenated alkanes) is 1. The maximum atomic E-state index is 12.6. The van der Waals surface area contributed by atoms with E-state index in [0.717, 1.165) is 18.4 Å². The summed E-state index contributed by atoms with van der Waals surface area (Å²) >= 11 is 1.23. The van der Waals surface area contributed by atoms with Gasteiger partial charge >= 0.3 is 5.97 Å². The molecular weight excluding hydrogens is 312 g/mol. The van der Waals surface area contributed by atoms with Crippen LogP contribution in [0.3, 0.4) is 0 Å². The number of nitrogens with zero attached hydrogens (tertiary/aromatic N) is 2. The maximum Gasteiger partial charge on any atom is 0.316 e. The summed E-state index contributed by atoms with van der Waals surface area (Å²) in [5, 5.41) is 0.566. The van der Waals surface area contributed by atoms with Gasteiger partial charge in [0.25, 0.3) is 5.91 Å². The average Bonchev–Trinajstić information content (AvgIpc) is 2.87. The zero-order chi connectivity index (χ0) is 16.7. The van der Waals surface area contributed by atoms with Gasteiger partial charge in [-0.05, 0) is 18.1 Å². The van der Waals surface area contributed by atoms with Crippen LogP contribution in [0.2, 0.25) is 0 Å². The van der Waals surface area contributed by atoms with E-state index in [1.807, 2.05) is 30.3 Å². The van der Waals surface area contributed by atoms with E-state index in [0.29, 0.717) is 17.4 Å². The highest BCUT2D eigenvalue weighted by molar-refractivity contribution is 8.14. The number of rotatable bonds is 6. The van der Waals surface area contributed by atoms with Crippen molar-refractivity contribution < 1.29 is 14.3 Å². The van der Waals surface area contributed by atoms with Crippen molar-refractivity contribution in [2.45, 2.75) is 19.8 Å². The molecule has 1 aromatic rings. The van der Waals surface area contributed by atoms with Gasteiger partial charge < -0.3 is 4.74 Å². The quantitative estimate of drug-likeness (QED) is 0.594. The van der Waals surface area contributed by atoms with Crippen LogP contribution in [-0.4, -0.2) is 41.4 Å². The van der Waals surface area contributed by atoms with Crippen molar-refractivity contribution in [1.29, 1.82) is 0 Å². The molecule has 0 saturated carbocycles. The number of aliphatic imine (C=N–C) groups is 1. The highest BCUT2D eigenvalue weighted by Crippen LogP contribution is 2.24. The van der Waals surface area contributed by atoms with Crippen LogP contribution in [0.4, 0.5) is 0 Å². The fourth-order valence-electron chi connectivity index (χ4n) is 2.04. The van der Waals surface area contributed by atoms with Crippen molar-refractivity contribution in [1.82, 2.24) is 4.90 Å². The van der Waals surface area contributed by atoms with E-state index in [2.05, 4.69) is 16.7 Å². The summed E-state index contributed by atoms with van der Waals surface area (Å²) in [6, 6.07) is 9.60. The van der Waals surface area contributed by atoms with Crippen molar-refractivity contribution in [3.8, 4) is 0 Å². The Morgan fingerprint density at radius 3 is 2.74 bits per heavy atom. The molecule has 0 radical (unpaired) electrons. The molecule has 0 bridgehead atoms. The van der Waals surface area contributed by atoms with E-state index in [1.165, 1.54) is 18.9 Å². The van der Waals surface area contributed by atoms with Crippen LogP contribution in [0.1, 0.15) is 25.3 Å². The van der Waals surface area contributed by atoms with Gasteiger partial charge in [0.2, 0.25) is 0 Å². The molecule has 0 fully saturated rings. The highest BCUT2D eigenvalue weighted by Gasteiger charge is 2.30. The van der Waals surface area contributed by atoms with Crippen LogP contribution in [0.5, 0.6) is 0 Å². The van der Waals surface area contributed by atoms with Gasteiger partial charge in [-0.3, -0.25) is 14.5 Å². The topological polar surface area (TPSA) is 59.0 Å². The Labute approximate surface area is 140 Å². The predicted molar refractivity (Wildman–Crippen MR) is 92.9 cm³/mol. The van der Waals surface area contributed by atoms with Gasteiger partial charge in [-0.1, -0.05) is 55.4 Å². The molecule has 5 nitrogen and oxygen atoms in total. The molecule has 0 spiro atoms. The largest absolute Gasteiger partial charge is 0.468 e. The van der Waals surface area contributed by atoms with Gasteiger partial charge in [0.05, 0.1) is 12.9 Å². The first-order chi connectivity index (χ1) is 11.2. The Kier molecular flexibility index (Phi) is 6.40.